The van der Waals surface area contributed by atoms with Crippen LogP contribution in [0.25, 0.3) is 0 Å². The molecule has 0 aromatic rings. The molecule has 0 radical (unpaired) electrons. The largest absolute Gasteiger partial charge is 0.360 e. The Balaban J connectivity index is 3.25. The molecule has 0 atom stereocenters. The monoisotopic (exact) mass is 160 g/mol. The third kappa shape index (κ3) is 4.73. The highest BCUT2D eigenvalue weighted by Gasteiger charge is 2.01. The first-order valence-corrected chi connectivity index (χ1v) is 5.33. The van der Waals surface area contributed by atoms with Gasteiger partial charge in [0.1, 0.15) is 5.91 Å². The summed E-state index contributed by atoms with van der Waals surface area (Å²) in [6, 6.07) is 1.16. The summed E-state index contributed by atoms with van der Waals surface area (Å²) in [5.41, 5.74) is 0. The average Bonchev–Trinajstić information content (AvgIpc) is 1.99. The zero-order valence-electron chi connectivity index (χ0n) is 6.96. The molecule has 0 heterocycles. The smallest absolute Gasteiger partial charge is 0.134 e. The molecule has 0 saturated carbocycles. The summed E-state index contributed by atoms with van der Waals surface area (Å²) in [5, 5.41) is 0. The van der Waals surface area contributed by atoms with E-state index in [0.717, 1.165) is 6.04 Å². The van der Waals surface area contributed by atoms with Gasteiger partial charge in [0.25, 0.3) is 0 Å². The molecule has 0 bridgehead atoms. The van der Waals surface area contributed by atoms with E-state index in [-0.39, 0.29) is 15.4 Å². The van der Waals surface area contributed by atoms with E-state index in [1.165, 1.54) is 0 Å². The Morgan fingerprint density at radius 3 is 2.40 bits per heavy atom. The lowest BCUT2D eigenvalue weighted by Crippen LogP contribution is -2.20. The molecule has 0 saturated heterocycles. The highest BCUT2D eigenvalue weighted by molar-refractivity contribution is 6.37. The van der Waals surface area contributed by atoms with Crippen LogP contribution < -0.4 is 0 Å². The summed E-state index contributed by atoms with van der Waals surface area (Å²) >= 11 is 0. The van der Waals surface area contributed by atoms with Gasteiger partial charge in [-0.15, -0.1) is 0 Å². The Bertz CT molecular complexity index is 89.6. The number of methoxy groups -OCH3 is 2. The van der Waals surface area contributed by atoms with Gasteiger partial charge in [-0.05, 0) is 13.0 Å². The fraction of sp³-hybridized carbons (Fsp3) is 0.714. The van der Waals surface area contributed by atoms with Crippen molar-refractivity contribution < 1.29 is 9.47 Å². The molecular formula is C7H16O2Si. The van der Waals surface area contributed by atoms with Gasteiger partial charge in [-0.1, -0.05) is 12.2 Å². The second-order valence-corrected chi connectivity index (χ2v) is 3.87. The maximum absolute atomic E-state index is 5.05. The first-order valence-electron chi connectivity index (χ1n) is 3.52. The zero-order chi connectivity index (χ0) is 7.82. The number of hydrogen-bond acceptors (Lipinski definition) is 2. The lowest BCUT2D eigenvalue weighted by Gasteiger charge is -2.10. The Morgan fingerprint density at radius 1 is 1.40 bits per heavy atom. The van der Waals surface area contributed by atoms with E-state index < -0.39 is 0 Å². The van der Waals surface area contributed by atoms with Gasteiger partial charge < -0.3 is 9.47 Å². The van der Waals surface area contributed by atoms with Crippen LogP contribution in [-0.4, -0.2) is 29.7 Å². The van der Waals surface area contributed by atoms with Gasteiger partial charge in [0.15, 0.2) is 0 Å². The van der Waals surface area contributed by atoms with Crippen LogP contribution in [0, 0.1) is 0 Å². The van der Waals surface area contributed by atoms with Crippen LogP contribution >= 0.6 is 0 Å². The molecule has 0 fully saturated rings. The maximum atomic E-state index is 5.05. The average molecular weight is 160 g/mol. The van der Waals surface area contributed by atoms with Gasteiger partial charge in [-0.3, -0.25) is 0 Å². The lowest BCUT2D eigenvalue weighted by molar-refractivity contribution is -0.0438. The quantitative estimate of drug-likeness (QED) is 0.335. The van der Waals surface area contributed by atoms with Crippen molar-refractivity contribution in [2.45, 2.75) is 18.9 Å². The van der Waals surface area contributed by atoms with Crippen LogP contribution in [0.1, 0.15) is 6.92 Å². The number of hydrogen-bond donors (Lipinski definition) is 0. The maximum Gasteiger partial charge on any atom is 0.134 e. The molecule has 0 aromatic heterocycles. The lowest BCUT2D eigenvalue weighted by atomic mass is 10.6. The van der Waals surface area contributed by atoms with Gasteiger partial charge in [0, 0.05) is 14.2 Å². The molecule has 0 aliphatic rings. The van der Waals surface area contributed by atoms with Crippen molar-refractivity contribution in [2.24, 2.45) is 0 Å². The van der Waals surface area contributed by atoms with Crippen LogP contribution in [-0.2, 0) is 9.47 Å². The molecule has 0 spiro atoms. The second-order valence-electron chi connectivity index (χ2n) is 2.05. The van der Waals surface area contributed by atoms with Crippen LogP contribution in [0.5, 0.6) is 0 Å². The normalized spacial score (nSPS) is 12.8. The molecule has 0 N–H and O–H groups in total. The van der Waals surface area contributed by atoms with E-state index in [4.69, 9.17) is 9.47 Å². The number of ether oxygens (including phenoxy) is 2. The van der Waals surface area contributed by atoms with Crippen molar-refractivity contribution in [2.75, 3.05) is 14.2 Å². The van der Waals surface area contributed by atoms with Crippen LogP contribution in [0.3, 0.4) is 0 Å². The molecule has 0 rings (SSSR count). The number of allylic oxidation sites excluding steroid dienone is 2. The molecule has 0 unspecified atom stereocenters. The molecule has 0 aromatic carbocycles. The molecule has 3 heteroatoms. The molecule has 0 aliphatic carbocycles. The summed E-state index contributed by atoms with van der Waals surface area (Å²) in [6.07, 6.45) is 4.23. The van der Waals surface area contributed by atoms with Gasteiger partial charge >= 0.3 is 0 Å². The summed E-state index contributed by atoms with van der Waals surface area (Å²) in [5.74, 6) is 0.0937. The first-order chi connectivity index (χ1) is 4.85. The van der Waals surface area contributed by atoms with Crippen molar-refractivity contribution in [3.05, 3.63) is 12.2 Å². The van der Waals surface area contributed by atoms with Crippen LogP contribution in [0.4, 0.5) is 0 Å². The Labute approximate surface area is 65.0 Å². The highest BCUT2D eigenvalue weighted by Crippen LogP contribution is 1.92. The number of rotatable bonds is 5. The van der Waals surface area contributed by atoms with Gasteiger partial charge in [-0.2, -0.15) is 0 Å². The molecule has 60 valence electrons. The van der Waals surface area contributed by atoms with Gasteiger partial charge in [0.2, 0.25) is 0 Å². The molecule has 0 aliphatic heterocycles. The Morgan fingerprint density at radius 2 is 2.00 bits per heavy atom. The molecular weight excluding hydrogens is 144 g/mol. The minimum Gasteiger partial charge on any atom is -0.360 e. The van der Waals surface area contributed by atoms with Crippen molar-refractivity contribution in [1.29, 1.82) is 0 Å². The van der Waals surface area contributed by atoms with Gasteiger partial charge in [-0.25, -0.2) is 0 Å². The summed E-state index contributed by atoms with van der Waals surface area (Å²) in [7, 11) is 3.17. The summed E-state index contributed by atoms with van der Waals surface area (Å²) in [6.45, 7) is 2.03. The predicted molar refractivity (Wildman–Crippen MR) is 46.0 cm³/mol. The highest BCUT2D eigenvalue weighted by atomic mass is 28.2. The van der Waals surface area contributed by atoms with E-state index in [1.54, 1.807) is 14.2 Å². The van der Waals surface area contributed by atoms with E-state index in [0.29, 0.717) is 0 Å². The van der Waals surface area contributed by atoms with Crippen molar-refractivity contribution >= 4 is 9.52 Å². The van der Waals surface area contributed by atoms with Crippen molar-refractivity contribution in [3.63, 3.8) is 0 Å². The van der Waals surface area contributed by atoms with Gasteiger partial charge in [0.05, 0.1) is 9.52 Å². The molecule has 10 heavy (non-hydrogen) atoms. The standard InChI is InChI=1S/C7H16O2Si/c1-4-5-6-10-7(8-2)9-3/h4-5,7H,6,10H2,1-3H3. The molecule has 0 amide bonds. The SMILES string of the molecule is CC=CC[SiH2]C(OC)OC. The van der Waals surface area contributed by atoms with E-state index >= 15 is 0 Å². The molecule has 2 nitrogen and oxygen atoms in total. The van der Waals surface area contributed by atoms with Crippen molar-refractivity contribution in [3.8, 4) is 0 Å². The fourth-order valence-corrected chi connectivity index (χ4v) is 2.00. The first kappa shape index (κ1) is 9.88. The Hall–Kier alpha value is -0.123. The fourth-order valence-electron chi connectivity index (χ4n) is 0.731. The minimum atomic E-state index is -0.217. The topological polar surface area (TPSA) is 18.5 Å². The van der Waals surface area contributed by atoms with Crippen LogP contribution in [0.15, 0.2) is 12.2 Å². The van der Waals surface area contributed by atoms with E-state index in [9.17, 15) is 0 Å². The Kier molecular flexibility index (Phi) is 6.90. The minimum absolute atomic E-state index is 0.0937. The van der Waals surface area contributed by atoms with Crippen molar-refractivity contribution in [1.82, 2.24) is 0 Å². The third-order valence-electron chi connectivity index (χ3n) is 1.33. The third-order valence-corrected chi connectivity index (χ3v) is 3.14. The summed E-state index contributed by atoms with van der Waals surface area (Å²) in [4.78, 5) is 0. The summed E-state index contributed by atoms with van der Waals surface area (Å²) < 4.78 is 10.1. The van der Waals surface area contributed by atoms with E-state index in [2.05, 4.69) is 12.2 Å². The van der Waals surface area contributed by atoms with E-state index in [1.807, 2.05) is 6.92 Å². The zero-order valence-corrected chi connectivity index (χ0v) is 8.38. The van der Waals surface area contributed by atoms with Crippen LogP contribution in [0.2, 0.25) is 6.04 Å². The second kappa shape index (κ2) is 6.99. The predicted octanol–water partition coefficient (Wildman–Crippen LogP) is 0.726.